The van der Waals surface area contributed by atoms with Crippen molar-refractivity contribution in [1.29, 1.82) is 0 Å². The average molecular weight is 253 g/mol. The van der Waals surface area contributed by atoms with E-state index in [4.69, 9.17) is 16.3 Å². The molecule has 2 aromatic rings. The van der Waals surface area contributed by atoms with E-state index in [9.17, 15) is 8.78 Å². The molecule has 18 heavy (non-hydrogen) atoms. The van der Waals surface area contributed by atoms with Crippen molar-refractivity contribution >= 4 is 11.8 Å². The highest BCUT2D eigenvalue weighted by atomic mass is 19.2. The van der Waals surface area contributed by atoms with Gasteiger partial charge >= 0.3 is 0 Å². The number of hydrazine groups is 1. The Bertz CT molecular complexity index is 578. The minimum Gasteiger partial charge on any atom is -0.436 e. The number of nitrogen functional groups attached to an aromatic ring is 2. The summed E-state index contributed by atoms with van der Waals surface area (Å²) in [6, 6.07) is 4.83. The van der Waals surface area contributed by atoms with Crippen LogP contribution in [0.25, 0.3) is 0 Å². The number of aromatic nitrogens is 2. The van der Waals surface area contributed by atoms with Crippen molar-refractivity contribution in [2.45, 2.75) is 0 Å². The third-order valence-corrected chi connectivity index (χ3v) is 2.00. The van der Waals surface area contributed by atoms with E-state index in [1.54, 1.807) is 0 Å². The zero-order chi connectivity index (χ0) is 13.1. The molecule has 0 unspecified atom stereocenters. The highest BCUT2D eigenvalue weighted by molar-refractivity contribution is 5.43. The average Bonchev–Trinajstić information content (AvgIpc) is 2.34. The summed E-state index contributed by atoms with van der Waals surface area (Å²) < 4.78 is 31.4. The van der Waals surface area contributed by atoms with Gasteiger partial charge in [-0.25, -0.2) is 10.2 Å². The zero-order valence-corrected chi connectivity index (χ0v) is 9.02. The van der Waals surface area contributed by atoms with Gasteiger partial charge in [0.1, 0.15) is 5.82 Å². The SMILES string of the molecule is NNc1cc(Oc2cccc(F)c2F)nc(N)n1. The lowest BCUT2D eigenvalue weighted by Crippen LogP contribution is -2.10. The molecule has 0 bridgehead atoms. The number of halogens is 2. The number of rotatable bonds is 3. The van der Waals surface area contributed by atoms with Gasteiger partial charge in [-0.1, -0.05) is 6.07 Å². The minimum atomic E-state index is -1.11. The number of nitrogens with one attached hydrogen (secondary N) is 1. The van der Waals surface area contributed by atoms with Crippen molar-refractivity contribution in [2.75, 3.05) is 11.2 Å². The van der Waals surface area contributed by atoms with Gasteiger partial charge in [-0.3, -0.25) is 0 Å². The van der Waals surface area contributed by atoms with E-state index in [2.05, 4.69) is 15.4 Å². The number of benzene rings is 1. The van der Waals surface area contributed by atoms with E-state index in [-0.39, 0.29) is 23.4 Å². The highest BCUT2D eigenvalue weighted by Gasteiger charge is 2.11. The van der Waals surface area contributed by atoms with Crippen LogP contribution in [0.3, 0.4) is 0 Å². The van der Waals surface area contributed by atoms with E-state index in [1.807, 2.05) is 0 Å². The van der Waals surface area contributed by atoms with Crippen LogP contribution in [-0.4, -0.2) is 9.97 Å². The molecule has 0 aliphatic heterocycles. The molecule has 0 saturated carbocycles. The van der Waals surface area contributed by atoms with Crippen LogP contribution >= 0.6 is 0 Å². The molecule has 94 valence electrons. The van der Waals surface area contributed by atoms with Crippen molar-refractivity contribution in [3.8, 4) is 11.6 Å². The molecular formula is C10H9F2N5O. The van der Waals surface area contributed by atoms with Crippen LogP contribution in [0.4, 0.5) is 20.5 Å². The molecule has 0 spiro atoms. The third kappa shape index (κ3) is 2.43. The van der Waals surface area contributed by atoms with E-state index in [1.165, 1.54) is 18.2 Å². The fourth-order valence-corrected chi connectivity index (χ4v) is 1.24. The van der Waals surface area contributed by atoms with E-state index < -0.39 is 11.6 Å². The van der Waals surface area contributed by atoms with Crippen LogP contribution in [0, 0.1) is 11.6 Å². The van der Waals surface area contributed by atoms with Crippen LogP contribution in [0.5, 0.6) is 11.6 Å². The minimum absolute atomic E-state index is 0.0556. The Morgan fingerprint density at radius 1 is 1.22 bits per heavy atom. The second-order valence-electron chi connectivity index (χ2n) is 3.25. The van der Waals surface area contributed by atoms with Gasteiger partial charge in [-0.05, 0) is 12.1 Å². The largest absolute Gasteiger partial charge is 0.436 e. The van der Waals surface area contributed by atoms with Gasteiger partial charge in [0.15, 0.2) is 11.6 Å². The number of hydrogen-bond donors (Lipinski definition) is 3. The van der Waals surface area contributed by atoms with Gasteiger partial charge < -0.3 is 15.9 Å². The summed E-state index contributed by atoms with van der Waals surface area (Å²) in [5, 5.41) is 0. The Hall–Kier alpha value is -2.48. The van der Waals surface area contributed by atoms with Gasteiger partial charge in [0.05, 0.1) is 0 Å². The second-order valence-corrected chi connectivity index (χ2v) is 3.25. The molecule has 0 fully saturated rings. The predicted octanol–water partition coefficient (Wildman–Crippen LogP) is 1.41. The number of hydrogen-bond acceptors (Lipinski definition) is 6. The van der Waals surface area contributed by atoms with Crippen molar-refractivity contribution in [3.05, 3.63) is 35.9 Å². The molecule has 0 aliphatic carbocycles. The normalized spacial score (nSPS) is 10.2. The number of ether oxygens (including phenoxy) is 1. The monoisotopic (exact) mass is 253 g/mol. The number of anilines is 2. The van der Waals surface area contributed by atoms with Crippen molar-refractivity contribution in [1.82, 2.24) is 9.97 Å². The molecule has 0 aliphatic rings. The molecule has 2 rings (SSSR count). The van der Waals surface area contributed by atoms with Gasteiger partial charge in [0.2, 0.25) is 17.6 Å². The Labute approximate surface area is 101 Å². The van der Waals surface area contributed by atoms with Crippen molar-refractivity contribution in [2.24, 2.45) is 5.84 Å². The Morgan fingerprint density at radius 2 is 2.00 bits per heavy atom. The quantitative estimate of drug-likeness (QED) is 0.565. The molecule has 1 heterocycles. The lowest BCUT2D eigenvalue weighted by atomic mass is 10.3. The first-order chi connectivity index (χ1) is 8.60. The first kappa shape index (κ1) is 12.0. The first-order valence-corrected chi connectivity index (χ1v) is 4.83. The van der Waals surface area contributed by atoms with Crippen molar-refractivity contribution in [3.63, 3.8) is 0 Å². The first-order valence-electron chi connectivity index (χ1n) is 4.83. The summed E-state index contributed by atoms with van der Waals surface area (Å²) in [4.78, 5) is 7.42. The van der Waals surface area contributed by atoms with Gasteiger partial charge in [0.25, 0.3) is 0 Å². The molecule has 0 saturated heterocycles. The van der Waals surface area contributed by atoms with Crippen LogP contribution in [0.2, 0.25) is 0 Å². The van der Waals surface area contributed by atoms with Crippen LogP contribution in [-0.2, 0) is 0 Å². The van der Waals surface area contributed by atoms with Crippen LogP contribution in [0.15, 0.2) is 24.3 Å². The fraction of sp³-hybridized carbons (Fsp3) is 0. The fourth-order valence-electron chi connectivity index (χ4n) is 1.24. The molecule has 1 aromatic carbocycles. The van der Waals surface area contributed by atoms with Gasteiger partial charge in [0, 0.05) is 6.07 Å². The number of nitrogens with two attached hydrogens (primary N) is 2. The summed E-state index contributed by atoms with van der Waals surface area (Å²) in [6.07, 6.45) is 0. The van der Waals surface area contributed by atoms with E-state index in [0.717, 1.165) is 6.07 Å². The zero-order valence-electron chi connectivity index (χ0n) is 9.02. The summed E-state index contributed by atoms with van der Waals surface area (Å²) in [5.41, 5.74) is 7.63. The lowest BCUT2D eigenvalue weighted by molar-refractivity contribution is 0.405. The molecule has 8 heteroatoms. The maximum absolute atomic E-state index is 13.4. The number of nitrogens with zero attached hydrogens (tertiary/aromatic N) is 2. The summed E-state index contributed by atoms with van der Waals surface area (Å²) >= 11 is 0. The van der Waals surface area contributed by atoms with E-state index in [0.29, 0.717) is 0 Å². The van der Waals surface area contributed by atoms with Crippen molar-refractivity contribution < 1.29 is 13.5 Å². The topological polar surface area (TPSA) is 99.1 Å². The molecule has 5 N–H and O–H groups in total. The Morgan fingerprint density at radius 3 is 2.72 bits per heavy atom. The van der Waals surface area contributed by atoms with Crippen LogP contribution in [0.1, 0.15) is 0 Å². The summed E-state index contributed by atoms with van der Waals surface area (Å²) in [6.45, 7) is 0. The predicted molar refractivity (Wildman–Crippen MR) is 60.7 cm³/mol. The highest BCUT2D eigenvalue weighted by Crippen LogP contribution is 2.25. The van der Waals surface area contributed by atoms with Gasteiger partial charge in [-0.15, -0.1) is 0 Å². The third-order valence-electron chi connectivity index (χ3n) is 2.00. The van der Waals surface area contributed by atoms with Gasteiger partial charge in [-0.2, -0.15) is 14.4 Å². The maximum atomic E-state index is 13.4. The van der Waals surface area contributed by atoms with E-state index >= 15 is 0 Å². The molecule has 0 amide bonds. The second kappa shape index (κ2) is 4.80. The smallest absolute Gasteiger partial charge is 0.226 e. The molecule has 0 atom stereocenters. The Kier molecular flexibility index (Phi) is 3.20. The summed E-state index contributed by atoms with van der Waals surface area (Å²) in [7, 11) is 0. The summed E-state index contributed by atoms with van der Waals surface area (Å²) in [5.74, 6) is 2.72. The molecule has 0 radical (unpaired) electrons. The molecular weight excluding hydrogens is 244 g/mol. The maximum Gasteiger partial charge on any atom is 0.226 e. The molecule has 1 aromatic heterocycles. The standard InChI is InChI=1S/C10H9F2N5O/c11-5-2-1-3-6(9(5)12)18-8-4-7(17-14)15-10(13)16-8/h1-4H,14H2,(H3,13,15,16,17). The lowest BCUT2D eigenvalue weighted by Gasteiger charge is -2.08. The molecule has 6 nitrogen and oxygen atoms in total. The van der Waals surface area contributed by atoms with Crippen LogP contribution < -0.4 is 21.7 Å². The Balaban J connectivity index is 2.34.